The average molecular weight is 343 g/mol. The van der Waals surface area contributed by atoms with Crippen LogP contribution in [0.2, 0.25) is 0 Å². The molecule has 0 spiro atoms. The number of nitrogens with one attached hydrogen (secondary N) is 2. The molecular formula is C20H29N3O2. The number of amides is 3. The van der Waals surface area contributed by atoms with E-state index in [-0.39, 0.29) is 24.0 Å². The number of nitrogens with zero attached hydrogens (tertiary/aromatic N) is 1. The third-order valence-electron chi connectivity index (χ3n) is 5.69. The van der Waals surface area contributed by atoms with Crippen LogP contribution in [0.5, 0.6) is 0 Å². The van der Waals surface area contributed by atoms with Crippen LogP contribution in [0.15, 0.2) is 18.2 Å². The van der Waals surface area contributed by atoms with Gasteiger partial charge in [-0.15, -0.1) is 0 Å². The zero-order chi connectivity index (χ0) is 18.0. The molecule has 2 aliphatic rings. The zero-order valence-corrected chi connectivity index (χ0v) is 15.5. The fourth-order valence-electron chi connectivity index (χ4n) is 3.87. The monoisotopic (exact) mass is 343 g/mol. The summed E-state index contributed by atoms with van der Waals surface area (Å²) >= 11 is 0. The number of benzene rings is 1. The normalized spacial score (nSPS) is 26.6. The molecule has 3 amide bonds. The van der Waals surface area contributed by atoms with Crippen LogP contribution in [0.3, 0.4) is 0 Å². The number of anilines is 1. The smallest absolute Gasteiger partial charge is 0.315 e. The van der Waals surface area contributed by atoms with Crippen LogP contribution < -0.4 is 15.5 Å². The van der Waals surface area contributed by atoms with E-state index in [1.807, 2.05) is 25.1 Å². The first kappa shape index (κ1) is 17.8. The van der Waals surface area contributed by atoms with Gasteiger partial charge in [0, 0.05) is 24.7 Å². The van der Waals surface area contributed by atoms with E-state index in [2.05, 4.69) is 24.5 Å². The van der Waals surface area contributed by atoms with Crippen molar-refractivity contribution in [1.29, 1.82) is 0 Å². The summed E-state index contributed by atoms with van der Waals surface area (Å²) in [5.74, 6) is 0.594. The summed E-state index contributed by atoms with van der Waals surface area (Å²) < 4.78 is 0. The summed E-state index contributed by atoms with van der Waals surface area (Å²) in [6.07, 6.45) is 5.02. The van der Waals surface area contributed by atoms with Crippen molar-refractivity contribution >= 4 is 17.6 Å². The number of carbonyl (C=O) groups excluding carboxylic acids is 2. The van der Waals surface area contributed by atoms with E-state index in [0.717, 1.165) is 12.1 Å². The summed E-state index contributed by atoms with van der Waals surface area (Å²) in [5, 5.41) is 6.09. The second-order valence-corrected chi connectivity index (χ2v) is 7.66. The van der Waals surface area contributed by atoms with E-state index in [4.69, 9.17) is 0 Å². The Hall–Kier alpha value is -2.04. The van der Waals surface area contributed by atoms with Crippen molar-refractivity contribution < 1.29 is 9.59 Å². The molecule has 0 radical (unpaired) electrons. The van der Waals surface area contributed by atoms with Crippen LogP contribution >= 0.6 is 0 Å². The maximum absolute atomic E-state index is 12.4. The number of rotatable bonds is 3. The highest BCUT2D eigenvalue weighted by atomic mass is 16.2. The molecule has 25 heavy (non-hydrogen) atoms. The first-order valence-corrected chi connectivity index (χ1v) is 9.38. The number of carbonyl (C=O) groups is 2. The van der Waals surface area contributed by atoms with Gasteiger partial charge < -0.3 is 15.5 Å². The standard InChI is InChI=1S/C20H29N3O2/c1-13-8-9-17(10-15(13)3)23-12-16(11-19(23)24)21-20(25)22-18-7-5-4-6-14(18)2/h8-10,14,16,18H,4-7,11-12H2,1-3H3,(H2,21,22,25)/t14-,16+,18+/m0/s1. The minimum Gasteiger partial charge on any atom is -0.335 e. The van der Waals surface area contributed by atoms with E-state index in [1.54, 1.807) is 4.90 Å². The summed E-state index contributed by atoms with van der Waals surface area (Å²) in [7, 11) is 0. The number of aryl methyl sites for hydroxylation is 2. The molecule has 1 aliphatic heterocycles. The van der Waals surface area contributed by atoms with Crippen LogP contribution in [0.25, 0.3) is 0 Å². The molecule has 1 aromatic carbocycles. The highest BCUT2D eigenvalue weighted by molar-refractivity contribution is 5.96. The largest absolute Gasteiger partial charge is 0.335 e. The van der Waals surface area contributed by atoms with Crippen LogP contribution in [0.1, 0.15) is 50.2 Å². The molecule has 5 nitrogen and oxygen atoms in total. The Kier molecular flexibility index (Phi) is 5.30. The van der Waals surface area contributed by atoms with E-state index in [0.29, 0.717) is 18.9 Å². The van der Waals surface area contributed by atoms with Crippen molar-refractivity contribution in [1.82, 2.24) is 10.6 Å². The third-order valence-corrected chi connectivity index (χ3v) is 5.69. The summed E-state index contributed by atoms with van der Waals surface area (Å²) in [6.45, 7) is 6.85. The molecule has 1 aromatic rings. The summed E-state index contributed by atoms with van der Waals surface area (Å²) in [6, 6.07) is 6.04. The van der Waals surface area contributed by atoms with Gasteiger partial charge in [-0.25, -0.2) is 4.79 Å². The first-order valence-electron chi connectivity index (χ1n) is 9.38. The molecule has 3 atom stereocenters. The van der Waals surface area contributed by atoms with Gasteiger partial charge in [0.15, 0.2) is 0 Å². The Bertz CT molecular complexity index is 658. The van der Waals surface area contributed by atoms with Crippen molar-refractivity contribution in [3.63, 3.8) is 0 Å². The highest BCUT2D eigenvalue weighted by Gasteiger charge is 2.32. The van der Waals surface area contributed by atoms with Crippen molar-refractivity contribution in [2.75, 3.05) is 11.4 Å². The fraction of sp³-hybridized carbons (Fsp3) is 0.600. The van der Waals surface area contributed by atoms with Crippen LogP contribution in [0.4, 0.5) is 10.5 Å². The van der Waals surface area contributed by atoms with Crippen LogP contribution in [-0.4, -0.2) is 30.6 Å². The fourth-order valence-corrected chi connectivity index (χ4v) is 3.87. The van der Waals surface area contributed by atoms with Gasteiger partial charge in [-0.1, -0.05) is 25.8 Å². The van der Waals surface area contributed by atoms with E-state index >= 15 is 0 Å². The minimum absolute atomic E-state index is 0.0691. The van der Waals surface area contributed by atoms with Gasteiger partial charge in [0.2, 0.25) is 5.91 Å². The molecule has 136 valence electrons. The molecule has 3 rings (SSSR count). The third kappa shape index (κ3) is 4.14. The van der Waals surface area contributed by atoms with Crippen molar-refractivity contribution in [3.8, 4) is 0 Å². The zero-order valence-electron chi connectivity index (χ0n) is 15.5. The van der Waals surface area contributed by atoms with Gasteiger partial charge in [0.1, 0.15) is 0 Å². The lowest BCUT2D eigenvalue weighted by Crippen LogP contribution is -2.49. The Morgan fingerprint density at radius 1 is 1.12 bits per heavy atom. The first-order chi connectivity index (χ1) is 11.9. The molecular weight excluding hydrogens is 314 g/mol. The molecule has 0 unspecified atom stereocenters. The van der Waals surface area contributed by atoms with Gasteiger partial charge in [0.25, 0.3) is 0 Å². The maximum Gasteiger partial charge on any atom is 0.315 e. The Morgan fingerprint density at radius 3 is 2.60 bits per heavy atom. The Morgan fingerprint density at radius 2 is 1.88 bits per heavy atom. The van der Waals surface area contributed by atoms with Gasteiger partial charge in [-0.05, 0) is 55.9 Å². The second kappa shape index (κ2) is 7.46. The molecule has 5 heteroatoms. The van der Waals surface area contributed by atoms with Gasteiger partial charge in [-0.3, -0.25) is 4.79 Å². The molecule has 2 fully saturated rings. The summed E-state index contributed by atoms with van der Waals surface area (Å²) in [5.41, 5.74) is 3.30. The highest BCUT2D eigenvalue weighted by Crippen LogP contribution is 2.25. The maximum atomic E-state index is 12.4. The number of hydrogen-bond donors (Lipinski definition) is 2. The lowest BCUT2D eigenvalue weighted by atomic mass is 9.86. The molecule has 2 N–H and O–H groups in total. The van der Waals surface area contributed by atoms with Gasteiger partial charge in [0.05, 0.1) is 6.04 Å². The molecule has 1 heterocycles. The second-order valence-electron chi connectivity index (χ2n) is 7.66. The molecule has 0 aromatic heterocycles. The van der Waals surface area contributed by atoms with E-state index in [9.17, 15) is 9.59 Å². The lowest BCUT2D eigenvalue weighted by Gasteiger charge is -2.30. The SMILES string of the molecule is Cc1ccc(N2C[C@H](NC(=O)N[C@@H]3CCCC[C@@H]3C)CC2=O)cc1C. The number of hydrogen-bond acceptors (Lipinski definition) is 2. The van der Waals surface area contributed by atoms with Crippen molar-refractivity contribution in [2.24, 2.45) is 5.92 Å². The van der Waals surface area contributed by atoms with Crippen molar-refractivity contribution in [2.45, 2.75) is 65.0 Å². The average Bonchev–Trinajstić information content (AvgIpc) is 2.92. The molecule has 1 saturated heterocycles. The Labute approximate surface area is 150 Å². The van der Waals surface area contributed by atoms with Crippen LogP contribution in [-0.2, 0) is 4.79 Å². The van der Waals surface area contributed by atoms with E-state index in [1.165, 1.54) is 30.4 Å². The van der Waals surface area contributed by atoms with Crippen LogP contribution in [0, 0.1) is 19.8 Å². The molecule has 1 saturated carbocycles. The predicted octanol–water partition coefficient (Wildman–Crippen LogP) is 3.29. The van der Waals surface area contributed by atoms with E-state index < -0.39 is 0 Å². The van der Waals surface area contributed by atoms with Gasteiger partial charge >= 0.3 is 6.03 Å². The lowest BCUT2D eigenvalue weighted by molar-refractivity contribution is -0.117. The molecule has 1 aliphatic carbocycles. The topological polar surface area (TPSA) is 61.4 Å². The quantitative estimate of drug-likeness (QED) is 0.885. The molecule has 0 bridgehead atoms. The Balaban J connectivity index is 1.56. The minimum atomic E-state index is -0.140. The number of urea groups is 1. The van der Waals surface area contributed by atoms with Crippen molar-refractivity contribution in [3.05, 3.63) is 29.3 Å². The summed E-state index contributed by atoms with van der Waals surface area (Å²) in [4.78, 5) is 26.4. The predicted molar refractivity (Wildman–Crippen MR) is 99.8 cm³/mol. The van der Waals surface area contributed by atoms with Gasteiger partial charge in [-0.2, -0.15) is 0 Å².